The second-order valence-corrected chi connectivity index (χ2v) is 9.08. The van der Waals surface area contributed by atoms with Crippen molar-refractivity contribution in [1.29, 1.82) is 0 Å². The standard InChI is InChI=1S/C26H23Cl2N3O/c27-21-11-10-19(14-22(21)28)16-31-24-9-5-4-8-23(24)29-26(31)20-15-25(32)30(17-20)13-12-18-6-2-1-3-7-18/h1-11,14,20H,12-13,15-17H2. The summed E-state index contributed by atoms with van der Waals surface area (Å²) in [7, 11) is 0. The quantitative estimate of drug-likeness (QED) is 0.354. The molecule has 2 heterocycles. The molecule has 32 heavy (non-hydrogen) atoms. The highest BCUT2D eigenvalue weighted by Crippen LogP contribution is 2.32. The predicted octanol–water partition coefficient (Wildman–Crippen LogP) is 5.95. The summed E-state index contributed by atoms with van der Waals surface area (Å²) in [6.07, 6.45) is 1.35. The van der Waals surface area contributed by atoms with Crippen molar-refractivity contribution < 1.29 is 4.79 Å². The number of likely N-dealkylation sites (tertiary alicyclic amines) is 1. The Balaban J connectivity index is 1.41. The van der Waals surface area contributed by atoms with Gasteiger partial charge in [0, 0.05) is 32.0 Å². The van der Waals surface area contributed by atoms with E-state index in [0.29, 0.717) is 29.6 Å². The summed E-state index contributed by atoms with van der Waals surface area (Å²) in [5.41, 5.74) is 4.30. The number of benzene rings is 3. The summed E-state index contributed by atoms with van der Waals surface area (Å²) in [6, 6.07) is 24.1. The number of hydrogen-bond acceptors (Lipinski definition) is 2. The average Bonchev–Trinajstić information content (AvgIpc) is 3.36. The molecule has 0 N–H and O–H groups in total. The first-order valence-electron chi connectivity index (χ1n) is 10.8. The average molecular weight is 464 g/mol. The van der Waals surface area contributed by atoms with Crippen LogP contribution in [0.3, 0.4) is 0 Å². The van der Waals surface area contributed by atoms with Crippen molar-refractivity contribution in [2.45, 2.75) is 25.3 Å². The highest BCUT2D eigenvalue weighted by Gasteiger charge is 2.33. The lowest BCUT2D eigenvalue weighted by atomic mass is 10.1. The molecular weight excluding hydrogens is 441 g/mol. The monoisotopic (exact) mass is 463 g/mol. The van der Waals surface area contributed by atoms with E-state index in [1.807, 2.05) is 59.5 Å². The van der Waals surface area contributed by atoms with Gasteiger partial charge in [-0.2, -0.15) is 0 Å². The molecule has 1 saturated heterocycles. The van der Waals surface area contributed by atoms with Crippen LogP contribution >= 0.6 is 23.2 Å². The topological polar surface area (TPSA) is 38.1 Å². The highest BCUT2D eigenvalue weighted by molar-refractivity contribution is 6.42. The van der Waals surface area contributed by atoms with E-state index < -0.39 is 0 Å². The number of amides is 1. The third kappa shape index (κ3) is 4.25. The maximum Gasteiger partial charge on any atom is 0.223 e. The van der Waals surface area contributed by atoms with E-state index >= 15 is 0 Å². The normalized spacial score (nSPS) is 16.2. The zero-order valence-corrected chi connectivity index (χ0v) is 19.1. The molecule has 1 aliphatic rings. The largest absolute Gasteiger partial charge is 0.342 e. The molecule has 6 heteroatoms. The van der Waals surface area contributed by atoms with Gasteiger partial charge in [-0.25, -0.2) is 4.98 Å². The van der Waals surface area contributed by atoms with Crippen molar-refractivity contribution in [2.24, 2.45) is 0 Å². The molecule has 1 aromatic heterocycles. The van der Waals surface area contributed by atoms with Crippen LogP contribution < -0.4 is 0 Å². The molecule has 1 fully saturated rings. The van der Waals surface area contributed by atoms with E-state index in [1.165, 1.54) is 5.56 Å². The fourth-order valence-electron chi connectivity index (χ4n) is 4.46. The third-order valence-corrected chi connectivity index (χ3v) is 6.84. The molecule has 3 aromatic carbocycles. The van der Waals surface area contributed by atoms with Gasteiger partial charge < -0.3 is 9.47 Å². The number of imidazole rings is 1. The minimum absolute atomic E-state index is 0.0634. The Morgan fingerprint density at radius 3 is 2.50 bits per heavy atom. The highest BCUT2D eigenvalue weighted by atomic mass is 35.5. The molecule has 4 nitrogen and oxygen atoms in total. The van der Waals surface area contributed by atoms with Crippen LogP contribution in [0.4, 0.5) is 0 Å². The molecule has 1 unspecified atom stereocenters. The maximum absolute atomic E-state index is 12.8. The fourth-order valence-corrected chi connectivity index (χ4v) is 4.78. The van der Waals surface area contributed by atoms with E-state index in [4.69, 9.17) is 28.2 Å². The molecule has 1 aliphatic heterocycles. The van der Waals surface area contributed by atoms with E-state index in [-0.39, 0.29) is 11.8 Å². The molecule has 4 aromatic rings. The first-order chi connectivity index (χ1) is 15.6. The first-order valence-corrected chi connectivity index (χ1v) is 11.5. The zero-order chi connectivity index (χ0) is 22.1. The van der Waals surface area contributed by atoms with Crippen LogP contribution in [0, 0.1) is 0 Å². The summed E-state index contributed by atoms with van der Waals surface area (Å²) >= 11 is 12.4. The van der Waals surface area contributed by atoms with Gasteiger partial charge in [0.15, 0.2) is 0 Å². The van der Waals surface area contributed by atoms with Crippen molar-refractivity contribution in [3.63, 3.8) is 0 Å². The number of carbonyl (C=O) groups is 1. The van der Waals surface area contributed by atoms with E-state index in [0.717, 1.165) is 35.4 Å². The van der Waals surface area contributed by atoms with Crippen molar-refractivity contribution in [2.75, 3.05) is 13.1 Å². The Kier molecular flexibility index (Phi) is 5.90. The summed E-state index contributed by atoms with van der Waals surface area (Å²) in [5, 5.41) is 1.08. The molecular formula is C26H23Cl2N3O. The molecule has 0 saturated carbocycles. The van der Waals surface area contributed by atoms with Crippen LogP contribution in [0.1, 0.15) is 29.3 Å². The fraction of sp³-hybridized carbons (Fsp3) is 0.231. The van der Waals surface area contributed by atoms with Gasteiger partial charge >= 0.3 is 0 Å². The number of carbonyl (C=O) groups excluding carboxylic acids is 1. The molecule has 0 bridgehead atoms. The van der Waals surface area contributed by atoms with Crippen molar-refractivity contribution in [1.82, 2.24) is 14.5 Å². The second kappa shape index (κ2) is 8.97. The molecule has 162 valence electrons. The SMILES string of the molecule is O=C1CC(c2nc3ccccc3n2Cc2ccc(Cl)c(Cl)c2)CN1CCc1ccccc1. The number of para-hydroxylation sites is 2. The van der Waals surface area contributed by atoms with E-state index in [1.54, 1.807) is 0 Å². The number of fused-ring (bicyclic) bond motifs is 1. The number of hydrogen-bond donors (Lipinski definition) is 0. The van der Waals surface area contributed by atoms with E-state index in [9.17, 15) is 4.79 Å². The Hall–Kier alpha value is -2.82. The zero-order valence-electron chi connectivity index (χ0n) is 17.5. The van der Waals surface area contributed by atoms with Gasteiger partial charge in [-0.05, 0) is 41.8 Å². The van der Waals surface area contributed by atoms with Gasteiger partial charge in [-0.1, -0.05) is 71.7 Å². The van der Waals surface area contributed by atoms with Crippen LogP contribution in [0.25, 0.3) is 11.0 Å². The molecule has 0 radical (unpaired) electrons. The smallest absolute Gasteiger partial charge is 0.223 e. The van der Waals surface area contributed by atoms with Gasteiger partial charge in [0.2, 0.25) is 5.91 Å². The molecule has 1 amide bonds. The molecule has 5 rings (SSSR count). The van der Waals surface area contributed by atoms with Crippen LogP contribution in [-0.4, -0.2) is 33.4 Å². The van der Waals surface area contributed by atoms with Crippen LogP contribution in [0.15, 0.2) is 72.8 Å². The van der Waals surface area contributed by atoms with Gasteiger partial charge in [-0.15, -0.1) is 0 Å². The lowest BCUT2D eigenvalue weighted by Gasteiger charge is -2.17. The summed E-state index contributed by atoms with van der Waals surface area (Å²) < 4.78 is 2.22. The lowest BCUT2D eigenvalue weighted by molar-refractivity contribution is -0.127. The third-order valence-electron chi connectivity index (χ3n) is 6.10. The first kappa shape index (κ1) is 21.0. The van der Waals surface area contributed by atoms with Gasteiger partial charge in [-0.3, -0.25) is 4.79 Å². The Morgan fingerprint density at radius 2 is 1.69 bits per heavy atom. The summed E-state index contributed by atoms with van der Waals surface area (Å²) in [6.45, 7) is 2.05. The van der Waals surface area contributed by atoms with Crippen LogP contribution in [-0.2, 0) is 17.8 Å². The Bertz CT molecular complexity index is 1270. The van der Waals surface area contributed by atoms with Crippen molar-refractivity contribution in [3.8, 4) is 0 Å². The predicted molar refractivity (Wildman–Crippen MR) is 129 cm³/mol. The number of aromatic nitrogens is 2. The van der Waals surface area contributed by atoms with Gasteiger partial charge in [0.05, 0.1) is 21.1 Å². The molecule has 0 spiro atoms. The Labute approximate surface area is 197 Å². The Morgan fingerprint density at radius 1 is 0.906 bits per heavy atom. The lowest BCUT2D eigenvalue weighted by Crippen LogP contribution is -2.27. The number of rotatable bonds is 6. The van der Waals surface area contributed by atoms with Crippen LogP contribution in [0.2, 0.25) is 10.0 Å². The molecule has 0 aliphatic carbocycles. The van der Waals surface area contributed by atoms with Gasteiger partial charge in [0.25, 0.3) is 0 Å². The summed E-state index contributed by atoms with van der Waals surface area (Å²) in [5.74, 6) is 1.21. The second-order valence-electron chi connectivity index (χ2n) is 8.27. The van der Waals surface area contributed by atoms with Crippen LogP contribution in [0.5, 0.6) is 0 Å². The number of nitrogens with zero attached hydrogens (tertiary/aromatic N) is 3. The van der Waals surface area contributed by atoms with E-state index in [2.05, 4.69) is 22.8 Å². The minimum atomic E-state index is 0.0634. The van der Waals surface area contributed by atoms with Gasteiger partial charge in [0.1, 0.15) is 5.82 Å². The van der Waals surface area contributed by atoms with Crippen molar-refractivity contribution >= 4 is 40.1 Å². The summed E-state index contributed by atoms with van der Waals surface area (Å²) in [4.78, 5) is 19.7. The van der Waals surface area contributed by atoms with Crippen molar-refractivity contribution in [3.05, 3.63) is 99.8 Å². The number of halogens is 2. The molecule has 1 atom stereocenters. The minimum Gasteiger partial charge on any atom is -0.342 e. The maximum atomic E-state index is 12.8.